The number of thiophene rings is 1. The molecule has 1 aliphatic rings. The molecule has 0 bridgehead atoms. The number of hydrogen-bond acceptors (Lipinski definition) is 7. The van der Waals surface area contributed by atoms with Gasteiger partial charge in [0.05, 0.1) is 10.2 Å². The van der Waals surface area contributed by atoms with Crippen molar-refractivity contribution in [3.8, 4) is 11.5 Å². The van der Waals surface area contributed by atoms with Crippen molar-refractivity contribution in [3.05, 3.63) is 34.7 Å². The number of nitrogens with two attached hydrogens (primary N) is 1. The number of aromatic nitrogens is 2. The van der Waals surface area contributed by atoms with Crippen LogP contribution >= 0.6 is 11.3 Å². The van der Waals surface area contributed by atoms with Gasteiger partial charge in [0.25, 0.3) is 0 Å². The molecule has 3 heterocycles. The highest BCUT2D eigenvalue weighted by Gasteiger charge is 2.43. The summed E-state index contributed by atoms with van der Waals surface area (Å²) in [6.45, 7) is 3.98. The van der Waals surface area contributed by atoms with Crippen molar-refractivity contribution in [2.75, 3.05) is 11.1 Å². The van der Waals surface area contributed by atoms with E-state index in [2.05, 4.69) is 24.8 Å². The Morgan fingerprint density at radius 1 is 1.19 bits per heavy atom. The van der Waals surface area contributed by atoms with E-state index in [1.165, 1.54) is 17.4 Å². The highest BCUT2D eigenvalue weighted by molar-refractivity contribution is 7.19. The van der Waals surface area contributed by atoms with E-state index in [-0.39, 0.29) is 17.5 Å². The molecule has 26 heavy (non-hydrogen) atoms. The van der Waals surface area contributed by atoms with Crippen molar-refractivity contribution in [2.24, 2.45) is 0 Å². The van der Waals surface area contributed by atoms with Crippen LogP contribution in [0.2, 0.25) is 0 Å². The summed E-state index contributed by atoms with van der Waals surface area (Å²) in [6, 6.07) is 6.90. The van der Waals surface area contributed by atoms with Gasteiger partial charge in [-0.05, 0) is 37.6 Å². The summed E-state index contributed by atoms with van der Waals surface area (Å²) in [5.74, 6) is 0.977. The van der Waals surface area contributed by atoms with Gasteiger partial charge in [0, 0.05) is 17.3 Å². The fourth-order valence-electron chi connectivity index (χ4n) is 2.72. The van der Waals surface area contributed by atoms with Gasteiger partial charge in [-0.1, -0.05) is 6.07 Å². The number of ether oxygens (including phenoxy) is 2. The first-order valence-electron chi connectivity index (χ1n) is 8.00. The van der Waals surface area contributed by atoms with Gasteiger partial charge in [-0.25, -0.2) is 4.98 Å². The van der Waals surface area contributed by atoms with Crippen molar-refractivity contribution in [1.29, 1.82) is 0 Å². The van der Waals surface area contributed by atoms with Gasteiger partial charge in [0.15, 0.2) is 11.5 Å². The van der Waals surface area contributed by atoms with E-state index in [0.717, 1.165) is 20.7 Å². The van der Waals surface area contributed by atoms with E-state index >= 15 is 0 Å². The number of anilines is 2. The molecule has 1 aliphatic heterocycles. The van der Waals surface area contributed by atoms with Crippen molar-refractivity contribution in [3.63, 3.8) is 0 Å². The first-order valence-corrected chi connectivity index (χ1v) is 8.82. The number of hydrogen-bond donors (Lipinski definition) is 2. The van der Waals surface area contributed by atoms with Crippen LogP contribution in [-0.2, 0) is 6.42 Å². The van der Waals surface area contributed by atoms with E-state index in [0.29, 0.717) is 18.2 Å². The third-order valence-electron chi connectivity index (χ3n) is 3.71. The molecule has 6 nitrogen and oxygen atoms in total. The lowest BCUT2D eigenvalue weighted by Crippen LogP contribution is -2.25. The Morgan fingerprint density at radius 2 is 1.96 bits per heavy atom. The lowest BCUT2D eigenvalue weighted by Gasteiger charge is -2.08. The zero-order chi connectivity index (χ0) is 18.5. The smallest absolute Gasteiger partial charge is 0.395 e. The molecule has 0 radical (unpaired) electrons. The van der Waals surface area contributed by atoms with Gasteiger partial charge in [-0.15, -0.1) is 20.1 Å². The Kier molecular flexibility index (Phi) is 3.83. The topological polar surface area (TPSA) is 82.3 Å². The number of nitrogen functional groups attached to an aromatic ring is 1. The first kappa shape index (κ1) is 16.8. The van der Waals surface area contributed by atoms with Crippen molar-refractivity contribution < 1.29 is 18.3 Å². The maximum atomic E-state index is 13.1. The monoisotopic (exact) mass is 378 g/mol. The fourth-order valence-corrected chi connectivity index (χ4v) is 3.75. The lowest BCUT2D eigenvalue weighted by molar-refractivity contribution is -0.286. The summed E-state index contributed by atoms with van der Waals surface area (Å²) in [4.78, 5) is 9.74. The quantitative estimate of drug-likeness (QED) is 0.714. The minimum absolute atomic E-state index is 0.0367. The van der Waals surface area contributed by atoms with Crippen LogP contribution in [0.25, 0.3) is 10.2 Å². The predicted molar refractivity (Wildman–Crippen MR) is 96.0 cm³/mol. The Hall–Kier alpha value is -2.68. The molecule has 3 aromatic rings. The summed E-state index contributed by atoms with van der Waals surface area (Å²) < 4.78 is 36.0. The van der Waals surface area contributed by atoms with Gasteiger partial charge < -0.3 is 20.5 Å². The number of halogens is 2. The van der Waals surface area contributed by atoms with Crippen LogP contribution in [0.1, 0.15) is 24.3 Å². The summed E-state index contributed by atoms with van der Waals surface area (Å²) in [6.07, 6.45) is -3.07. The van der Waals surface area contributed by atoms with Gasteiger partial charge >= 0.3 is 6.29 Å². The fraction of sp³-hybridized carbons (Fsp3) is 0.294. The van der Waals surface area contributed by atoms with Gasteiger partial charge in [0.2, 0.25) is 5.95 Å². The predicted octanol–water partition coefficient (Wildman–Crippen LogP) is 4.01. The molecule has 2 aromatic heterocycles. The molecule has 3 N–H and O–H groups in total. The molecule has 0 aliphatic carbocycles. The molecule has 9 heteroatoms. The second-order valence-electron chi connectivity index (χ2n) is 6.28. The summed E-state index contributed by atoms with van der Waals surface area (Å²) >= 11 is 1.48. The van der Waals surface area contributed by atoms with Crippen LogP contribution in [-0.4, -0.2) is 22.3 Å². The highest BCUT2D eigenvalue weighted by atomic mass is 32.1. The van der Waals surface area contributed by atoms with Crippen LogP contribution < -0.4 is 20.5 Å². The van der Waals surface area contributed by atoms with Crippen LogP contribution in [0.4, 0.5) is 20.5 Å². The number of benzene rings is 1. The summed E-state index contributed by atoms with van der Waals surface area (Å²) in [5, 5.41) is 3.13. The van der Waals surface area contributed by atoms with Crippen LogP contribution in [0, 0.1) is 0 Å². The zero-order valence-electron chi connectivity index (χ0n) is 14.0. The number of fused-ring (bicyclic) bond motifs is 2. The van der Waals surface area contributed by atoms with Crippen LogP contribution in [0.3, 0.4) is 0 Å². The first-order chi connectivity index (χ1) is 12.3. The summed E-state index contributed by atoms with van der Waals surface area (Å²) in [5.41, 5.74) is 7.62. The molecule has 0 fully saturated rings. The minimum Gasteiger partial charge on any atom is -0.395 e. The molecular formula is C17H16F2N4O2S. The van der Waals surface area contributed by atoms with Gasteiger partial charge in [-0.2, -0.15) is 4.98 Å². The molecule has 0 saturated heterocycles. The van der Waals surface area contributed by atoms with E-state index in [1.807, 2.05) is 19.9 Å². The lowest BCUT2D eigenvalue weighted by atomic mass is 10.1. The van der Waals surface area contributed by atoms with E-state index in [9.17, 15) is 8.78 Å². The van der Waals surface area contributed by atoms with Gasteiger partial charge in [-0.3, -0.25) is 0 Å². The van der Waals surface area contributed by atoms with Crippen molar-refractivity contribution in [2.45, 2.75) is 32.6 Å². The average molecular weight is 378 g/mol. The standard InChI is InChI=1S/C17H16F2N4O2S/c1-8(2)21-16-22-11-7-10(26-14(11)15(20)23-16)5-9-3-4-12-13(6-9)25-17(18,19)24-12/h3-4,6-8H,5H2,1-2H3,(H3,20,21,22,23). The maximum absolute atomic E-state index is 13.1. The van der Waals surface area contributed by atoms with Gasteiger partial charge in [0.1, 0.15) is 5.82 Å². The normalized spacial score (nSPS) is 15.0. The molecule has 0 saturated carbocycles. The van der Waals surface area contributed by atoms with E-state index in [1.54, 1.807) is 12.1 Å². The number of alkyl halides is 2. The maximum Gasteiger partial charge on any atom is 0.586 e. The van der Waals surface area contributed by atoms with E-state index in [4.69, 9.17) is 5.73 Å². The SMILES string of the molecule is CC(C)Nc1nc(N)c2sc(Cc3ccc4c(c3)OC(F)(F)O4)cc2n1. The minimum atomic E-state index is -3.61. The molecule has 1 aromatic carbocycles. The van der Waals surface area contributed by atoms with Crippen LogP contribution in [0.5, 0.6) is 11.5 Å². The van der Waals surface area contributed by atoms with Crippen molar-refractivity contribution in [1.82, 2.24) is 9.97 Å². The average Bonchev–Trinajstić information content (AvgIpc) is 3.05. The number of nitrogens with zero attached hydrogens (tertiary/aromatic N) is 2. The second-order valence-corrected chi connectivity index (χ2v) is 7.42. The third kappa shape index (κ3) is 3.22. The summed E-state index contributed by atoms with van der Waals surface area (Å²) in [7, 11) is 0. The molecule has 4 rings (SSSR count). The molecule has 136 valence electrons. The number of nitrogens with one attached hydrogen (secondary N) is 1. The second kappa shape index (κ2) is 5.94. The molecule has 0 atom stereocenters. The Balaban J connectivity index is 1.61. The molecular weight excluding hydrogens is 362 g/mol. The molecule has 0 unspecified atom stereocenters. The number of rotatable bonds is 4. The Bertz CT molecular complexity index is 990. The third-order valence-corrected chi connectivity index (χ3v) is 4.86. The molecule has 0 amide bonds. The zero-order valence-corrected chi connectivity index (χ0v) is 14.9. The Labute approximate surface area is 152 Å². The van der Waals surface area contributed by atoms with Crippen molar-refractivity contribution >= 4 is 33.3 Å². The largest absolute Gasteiger partial charge is 0.586 e. The Morgan fingerprint density at radius 3 is 2.73 bits per heavy atom. The van der Waals surface area contributed by atoms with Crippen LogP contribution in [0.15, 0.2) is 24.3 Å². The highest BCUT2D eigenvalue weighted by Crippen LogP contribution is 2.42. The molecule has 0 spiro atoms. The van der Waals surface area contributed by atoms with E-state index < -0.39 is 6.29 Å².